The molecule has 2 N–H and O–H groups in total. The van der Waals surface area contributed by atoms with Crippen molar-refractivity contribution in [3.05, 3.63) is 0 Å². The quantitative estimate of drug-likeness (QED) is 0.534. The lowest BCUT2D eigenvalue weighted by Crippen LogP contribution is -2.26. The molecule has 0 bridgehead atoms. The van der Waals surface area contributed by atoms with Crippen LogP contribution in [0.25, 0.3) is 0 Å². The molecule has 0 amide bonds. The number of aliphatic hydroxyl groups is 1. The van der Waals surface area contributed by atoms with Crippen molar-refractivity contribution >= 4 is 10.1 Å². The maximum atomic E-state index is 11.2. The van der Waals surface area contributed by atoms with Crippen LogP contribution in [0.2, 0.25) is 0 Å². The molecule has 0 aromatic rings. The largest absolute Gasteiger partial charge is 0.369 e. The highest BCUT2D eigenvalue weighted by Gasteiger charge is 2.31. The van der Waals surface area contributed by atoms with E-state index in [0.717, 1.165) is 0 Å². The molecule has 0 heterocycles. The van der Waals surface area contributed by atoms with Crippen LogP contribution in [0.15, 0.2) is 0 Å². The SMILES string of the molecule is O=S(=O)(O)CC(O)(F)F. The smallest absolute Gasteiger partial charge is 0.335 e. The van der Waals surface area contributed by atoms with Crippen LogP contribution in [0.5, 0.6) is 0 Å². The van der Waals surface area contributed by atoms with E-state index in [1.807, 2.05) is 0 Å². The van der Waals surface area contributed by atoms with Gasteiger partial charge in [-0.15, -0.1) is 0 Å². The minimum absolute atomic E-state index is 1.96. The number of hydrogen-bond donors (Lipinski definition) is 2. The summed E-state index contributed by atoms with van der Waals surface area (Å²) in [6.07, 6.45) is -4.35. The zero-order valence-electron chi connectivity index (χ0n) is 4.08. The first-order chi connectivity index (χ1) is 3.71. The lowest BCUT2D eigenvalue weighted by molar-refractivity contribution is -0.178. The van der Waals surface area contributed by atoms with Crippen molar-refractivity contribution in [3.8, 4) is 0 Å². The van der Waals surface area contributed by atoms with E-state index in [0.29, 0.717) is 0 Å². The average Bonchev–Trinajstić information content (AvgIpc) is 1.14. The highest BCUT2D eigenvalue weighted by molar-refractivity contribution is 7.85. The van der Waals surface area contributed by atoms with Crippen molar-refractivity contribution in [2.45, 2.75) is 6.11 Å². The number of rotatable bonds is 2. The third kappa shape index (κ3) is 7.73. The maximum absolute atomic E-state index is 11.2. The van der Waals surface area contributed by atoms with Gasteiger partial charge in [0.05, 0.1) is 0 Å². The Morgan fingerprint density at radius 1 is 1.44 bits per heavy atom. The number of alkyl halides is 2. The highest BCUT2D eigenvalue weighted by atomic mass is 32.2. The Morgan fingerprint density at radius 2 is 1.78 bits per heavy atom. The number of hydrogen-bond acceptors (Lipinski definition) is 3. The summed E-state index contributed by atoms with van der Waals surface area (Å²) in [5.41, 5.74) is 0. The Bertz CT molecular complexity index is 177. The molecule has 4 nitrogen and oxygen atoms in total. The zero-order chi connectivity index (χ0) is 7.71. The fraction of sp³-hybridized carbons (Fsp3) is 1.00. The first kappa shape index (κ1) is 8.73. The van der Waals surface area contributed by atoms with Crippen LogP contribution >= 0.6 is 0 Å². The molecule has 0 aromatic carbocycles. The molecule has 0 rings (SSSR count). The molecule has 9 heavy (non-hydrogen) atoms. The topological polar surface area (TPSA) is 74.6 Å². The van der Waals surface area contributed by atoms with Crippen molar-refractivity contribution in [1.82, 2.24) is 0 Å². The van der Waals surface area contributed by atoms with Gasteiger partial charge < -0.3 is 5.11 Å². The Balaban J connectivity index is 4.07. The van der Waals surface area contributed by atoms with Gasteiger partial charge in [0, 0.05) is 0 Å². The Hall–Kier alpha value is -0.270. The van der Waals surface area contributed by atoms with E-state index in [1.165, 1.54) is 0 Å². The fourth-order valence-electron chi connectivity index (χ4n) is 0.219. The van der Waals surface area contributed by atoms with Gasteiger partial charge >= 0.3 is 6.11 Å². The van der Waals surface area contributed by atoms with Crippen LogP contribution in [-0.4, -0.2) is 29.9 Å². The van der Waals surface area contributed by atoms with Gasteiger partial charge in [-0.2, -0.15) is 17.2 Å². The third-order valence-electron chi connectivity index (χ3n) is 0.356. The molecule has 0 saturated heterocycles. The first-order valence-corrected chi connectivity index (χ1v) is 3.37. The molecule has 0 aromatic heterocycles. The number of halogens is 2. The van der Waals surface area contributed by atoms with E-state index in [9.17, 15) is 17.2 Å². The average molecular weight is 162 g/mol. The second kappa shape index (κ2) is 2.16. The Kier molecular flexibility index (Phi) is 2.10. The van der Waals surface area contributed by atoms with Crippen molar-refractivity contribution in [2.75, 3.05) is 5.75 Å². The van der Waals surface area contributed by atoms with Crippen molar-refractivity contribution in [2.24, 2.45) is 0 Å². The Labute approximate surface area is 49.9 Å². The summed E-state index contributed by atoms with van der Waals surface area (Å²) in [4.78, 5) is 0. The van der Waals surface area contributed by atoms with E-state index in [-0.39, 0.29) is 0 Å². The summed E-state index contributed by atoms with van der Waals surface area (Å²) in [7, 11) is -4.78. The normalized spacial score (nSPS) is 13.8. The second-order valence-electron chi connectivity index (χ2n) is 1.39. The van der Waals surface area contributed by atoms with Gasteiger partial charge in [0.25, 0.3) is 10.1 Å². The third-order valence-corrected chi connectivity index (χ3v) is 1.07. The molecule has 0 unspecified atom stereocenters. The summed E-state index contributed by atoms with van der Waals surface area (Å²) in [5, 5.41) is 7.48. The second-order valence-corrected chi connectivity index (χ2v) is 2.84. The molecule has 0 aliphatic heterocycles. The molecule has 0 aliphatic carbocycles. The van der Waals surface area contributed by atoms with Gasteiger partial charge in [-0.05, 0) is 0 Å². The molecule has 0 fully saturated rings. The summed E-state index contributed by atoms with van der Waals surface area (Å²) >= 11 is 0. The van der Waals surface area contributed by atoms with Gasteiger partial charge in [-0.1, -0.05) is 0 Å². The molecular formula is C2H4F2O4S. The van der Waals surface area contributed by atoms with Gasteiger partial charge in [0.1, 0.15) is 0 Å². The van der Waals surface area contributed by atoms with Gasteiger partial charge in [-0.25, -0.2) is 0 Å². The molecule has 0 atom stereocenters. The van der Waals surface area contributed by atoms with Crippen LogP contribution in [0.4, 0.5) is 8.78 Å². The van der Waals surface area contributed by atoms with E-state index >= 15 is 0 Å². The standard InChI is InChI=1S/C2H4F2O4S/c3-2(4,5)1-9(6,7)8/h5H,1H2,(H,6,7,8). The minimum Gasteiger partial charge on any atom is -0.335 e. The van der Waals surface area contributed by atoms with E-state index in [1.54, 1.807) is 0 Å². The highest BCUT2D eigenvalue weighted by Crippen LogP contribution is 2.09. The van der Waals surface area contributed by atoms with Crippen LogP contribution < -0.4 is 0 Å². The molecule has 0 saturated carbocycles. The summed E-state index contributed by atoms with van der Waals surface area (Å²) < 4.78 is 49.3. The van der Waals surface area contributed by atoms with Crippen molar-refractivity contribution in [1.29, 1.82) is 0 Å². The van der Waals surface area contributed by atoms with E-state index in [2.05, 4.69) is 0 Å². The summed E-state index contributed by atoms with van der Waals surface area (Å²) in [5.74, 6) is -1.96. The van der Waals surface area contributed by atoms with Gasteiger partial charge in [0.2, 0.25) is 0 Å². The van der Waals surface area contributed by atoms with Gasteiger partial charge in [0.15, 0.2) is 5.75 Å². The monoisotopic (exact) mass is 162 g/mol. The molecule has 7 heteroatoms. The maximum Gasteiger partial charge on any atom is 0.369 e. The molecule has 0 radical (unpaired) electrons. The van der Waals surface area contributed by atoms with E-state index < -0.39 is 22.0 Å². The van der Waals surface area contributed by atoms with Crippen LogP contribution in [0.1, 0.15) is 0 Å². The molecule has 0 spiro atoms. The zero-order valence-corrected chi connectivity index (χ0v) is 4.90. The predicted octanol–water partition coefficient (Wildman–Crippen LogP) is -0.541. The minimum atomic E-state index is -4.78. The fourth-order valence-corrected chi connectivity index (χ4v) is 0.658. The van der Waals surface area contributed by atoms with Crippen LogP contribution in [-0.2, 0) is 10.1 Å². The lowest BCUT2D eigenvalue weighted by Gasteiger charge is -2.03. The van der Waals surface area contributed by atoms with Crippen LogP contribution in [0.3, 0.4) is 0 Å². The van der Waals surface area contributed by atoms with E-state index in [4.69, 9.17) is 9.66 Å². The summed E-state index contributed by atoms with van der Waals surface area (Å²) in [6.45, 7) is 0. The van der Waals surface area contributed by atoms with Crippen molar-refractivity contribution in [3.63, 3.8) is 0 Å². The lowest BCUT2D eigenvalue weighted by atomic mass is 10.8. The molecular weight excluding hydrogens is 158 g/mol. The Morgan fingerprint density at radius 3 is 1.78 bits per heavy atom. The van der Waals surface area contributed by atoms with Gasteiger partial charge in [-0.3, -0.25) is 4.55 Å². The predicted molar refractivity (Wildman–Crippen MR) is 23.6 cm³/mol. The van der Waals surface area contributed by atoms with Crippen LogP contribution in [0, 0.1) is 0 Å². The summed E-state index contributed by atoms with van der Waals surface area (Å²) in [6, 6.07) is 0. The molecule has 56 valence electrons. The first-order valence-electron chi connectivity index (χ1n) is 1.76. The molecule has 0 aliphatic rings. The van der Waals surface area contributed by atoms with Crippen molar-refractivity contribution < 1.29 is 26.9 Å².